The van der Waals surface area contributed by atoms with Gasteiger partial charge in [-0.1, -0.05) is 35.3 Å². The summed E-state index contributed by atoms with van der Waals surface area (Å²) < 4.78 is 1.69. The van der Waals surface area contributed by atoms with Crippen LogP contribution in [0.15, 0.2) is 42.5 Å². The van der Waals surface area contributed by atoms with Crippen LogP contribution in [0.1, 0.15) is 53.7 Å². The number of nitrogens with one attached hydrogen (secondary N) is 2. The third-order valence-electron chi connectivity index (χ3n) is 8.78. The van der Waals surface area contributed by atoms with Crippen molar-refractivity contribution in [2.75, 3.05) is 13.1 Å². The second-order valence-corrected chi connectivity index (χ2v) is 12.0. The van der Waals surface area contributed by atoms with Gasteiger partial charge >= 0.3 is 0 Å². The molecule has 4 saturated carbocycles. The molecule has 2 N–H and O–H groups in total. The van der Waals surface area contributed by atoms with E-state index in [1.54, 1.807) is 35.0 Å². The molecule has 1 heterocycles. The molecule has 1 aromatic heterocycles. The van der Waals surface area contributed by atoms with Gasteiger partial charge in [-0.05, 0) is 93.0 Å². The van der Waals surface area contributed by atoms with E-state index in [0.29, 0.717) is 39.6 Å². The van der Waals surface area contributed by atoms with Crippen molar-refractivity contribution in [2.45, 2.75) is 45.1 Å². The molecule has 0 unspecified atom stereocenters. The lowest BCUT2D eigenvalue weighted by molar-refractivity contribution is -0.0133. The van der Waals surface area contributed by atoms with Gasteiger partial charge in [0.15, 0.2) is 5.69 Å². The first-order valence-corrected chi connectivity index (χ1v) is 14.2. The fourth-order valence-electron chi connectivity index (χ4n) is 7.34. The molecule has 3 aromatic rings. The quantitative estimate of drug-likeness (QED) is 0.346. The summed E-state index contributed by atoms with van der Waals surface area (Å²) in [6.07, 6.45) is 6.95. The monoisotopic (exact) mass is 547 g/mol. The first-order valence-electron chi connectivity index (χ1n) is 13.5. The predicted octanol–water partition coefficient (Wildman–Crippen LogP) is 6.17. The zero-order valence-electron chi connectivity index (χ0n) is 21.4. The normalized spacial score (nSPS) is 25.4. The average Bonchev–Trinajstić information content (AvgIpc) is 3.24. The van der Waals surface area contributed by atoms with E-state index < -0.39 is 0 Å². The number of halogens is 2. The van der Waals surface area contributed by atoms with E-state index in [1.807, 2.05) is 19.1 Å². The van der Waals surface area contributed by atoms with Crippen molar-refractivity contribution >= 4 is 29.1 Å². The Labute approximate surface area is 233 Å². The molecule has 38 heavy (non-hydrogen) atoms. The van der Waals surface area contributed by atoms with Crippen molar-refractivity contribution in [3.63, 3.8) is 0 Å². The Balaban J connectivity index is 1.20. The van der Waals surface area contributed by atoms with Crippen molar-refractivity contribution in [1.82, 2.24) is 20.4 Å². The molecule has 0 saturated heterocycles. The minimum atomic E-state index is -0.215. The first-order chi connectivity index (χ1) is 18.4. The lowest BCUT2D eigenvalue weighted by Gasteiger charge is -2.54. The van der Waals surface area contributed by atoms with Crippen LogP contribution in [0.3, 0.4) is 0 Å². The van der Waals surface area contributed by atoms with E-state index >= 15 is 0 Å². The number of aromatic nitrogens is 2. The molecule has 0 aliphatic heterocycles. The number of nitriles is 1. The summed E-state index contributed by atoms with van der Waals surface area (Å²) in [6.45, 7) is 3.19. The van der Waals surface area contributed by atoms with Gasteiger partial charge in [0.05, 0.1) is 28.0 Å². The largest absolute Gasteiger partial charge is 0.349 e. The fourth-order valence-corrected chi connectivity index (χ4v) is 7.83. The summed E-state index contributed by atoms with van der Waals surface area (Å²) in [6, 6.07) is 15.2. The number of hydrogen-bond acceptors (Lipinski definition) is 4. The second-order valence-electron chi connectivity index (χ2n) is 11.2. The molecule has 1 amide bonds. The molecular formula is C30H31Cl2N5O. The zero-order chi connectivity index (χ0) is 26.4. The van der Waals surface area contributed by atoms with Crippen molar-refractivity contribution in [3.05, 3.63) is 69.3 Å². The molecular weight excluding hydrogens is 517 g/mol. The Bertz CT molecular complexity index is 1380. The topological polar surface area (TPSA) is 82.7 Å². The molecule has 7 rings (SSSR count). The molecule has 4 bridgehead atoms. The maximum atomic E-state index is 13.3. The van der Waals surface area contributed by atoms with Crippen LogP contribution >= 0.6 is 23.2 Å². The minimum absolute atomic E-state index is 0.215. The predicted molar refractivity (Wildman–Crippen MR) is 150 cm³/mol. The maximum Gasteiger partial charge on any atom is 0.272 e. The van der Waals surface area contributed by atoms with Crippen molar-refractivity contribution in [3.8, 4) is 23.0 Å². The number of carbonyl (C=O) groups is 1. The molecule has 6 nitrogen and oxygen atoms in total. The number of hydrogen-bond donors (Lipinski definition) is 2. The standard InChI is InChI=1S/C30H31Cl2N5O/c1-17-27(30(38)35-9-8-34-28-22-11-19-10-20(13-22)14-23(28)12-19)36-37(26-7-6-24(31)15-25(26)32)29(17)21-4-2-18(16-33)3-5-21/h2-7,15,19-20,22-23,28,34H,8-14H2,1H3,(H,35,38). The second kappa shape index (κ2) is 10.4. The summed E-state index contributed by atoms with van der Waals surface area (Å²) in [4.78, 5) is 13.3. The van der Waals surface area contributed by atoms with Gasteiger partial charge in [-0.3, -0.25) is 4.79 Å². The highest BCUT2D eigenvalue weighted by atomic mass is 35.5. The van der Waals surface area contributed by atoms with E-state index in [1.165, 1.54) is 32.1 Å². The molecule has 4 aliphatic rings. The molecule has 2 aromatic carbocycles. The van der Waals surface area contributed by atoms with Crippen molar-refractivity contribution in [1.29, 1.82) is 5.26 Å². The number of benzene rings is 2. The number of amides is 1. The Morgan fingerprint density at radius 3 is 2.34 bits per heavy atom. The SMILES string of the molecule is Cc1c(C(=O)NCCNC2C3CC4CC(C3)CC2C4)nn(-c2ccc(Cl)cc2Cl)c1-c1ccc(C#N)cc1. The molecule has 0 spiro atoms. The van der Waals surface area contributed by atoms with E-state index in [9.17, 15) is 10.1 Å². The van der Waals surface area contributed by atoms with Crippen LogP contribution in [0, 0.1) is 41.9 Å². The molecule has 196 valence electrons. The van der Waals surface area contributed by atoms with Gasteiger partial charge in [-0.2, -0.15) is 10.4 Å². The van der Waals surface area contributed by atoms with Gasteiger partial charge in [0.25, 0.3) is 5.91 Å². The highest BCUT2D eigenvalue weighted by Gasteiger charge is 2.47. The molecule has 4 fully saturated rings. The summed E-state index contributed by atoms with van der Waals surface area (Å²) >= 11 is 12.7. The van der Waals surface area contributed by atoms with Crippen LogP contribution in [-0.4, -0.2) is 34.8 Å². The first kappa shape index (κ1) is 25.4. The van der Waals surface area contributed by atoms with E-state index in [-0.39, 0.29) is 5.91 Å². The Kier molecular flexibility index (Phi) is 6.94. The Morgan fingerprint density at radius 2 is 1.71 bits per heavy atom. The summed E-state index contributed by atoms with van der Waals surface area (Å²) in [5, 5.41) is 21.7. The van der Waals surface area contributed by atoms with Gasteiger partial charge in [0.1, 0.15) is 0 Å². The molecule has 8 heteroatoms. The molecule has 0 radical (unpaired) electrons. The Hall–Kier alpha value is -2.85. The van der Waals surface area contributed by atoms with Crippen LogP contribution in [0.4, 0.5) is 0 Å². The average molecular weight is 549 g/mol. The van der Waals surface area contributed by atoms with Crippen LogP contribution in [0.25, 0.3) is 16.9 Å². The summed E-state index contributed by atoms with van der Waals surface area (Å²) in [7, 11) is 0. The number of carbonyl (C=O) groups excluding carboxylic acids is 1. The third-order valence-corrected chi connectivity index (χ3v) is 9.32. The van der Waals surface area contributed by atoms with E-state index in [2.05, 4.69) is 16.7 Å². The van der Waals surface area contributed by atoms with Gasteiger partial charge < -0.3 is 10.6 Å². The lowest BCUT2D eigenvalue weighted by Crippen LogP contribution is -2.55. The van der Waals surface area contributed by atoms with Crippen molar-refractivity contribution < 1.29 is 4.79 Å². The van der Waals surface area contributed by atoms with Crippen LogP contribution in [-0.2, 0) is 0 Å². The van der Waals surface area contributed by atoms with Gasteiger partial charge in [-0.25, -0.2) is 4.68 Å². The maximum absolute atomic E-state index is 13.3. The van der Waals surface area contributed by atoms with Crippen LogP contribution in [0.5, 0.6) is 0 Å². The number of rotatable bonds is 7. The van der Waals surface area contributed by atoms with Crippen LogP contribution in [0.2, 0.25) is 10.0 Å². The fraction of sp³-hybridized carbons (Fsp3) is 0.433. The van der Waals surface area contributed by atoms with Gasteiger partial charge in [0, 0.05) is 35.3 Å². The highest BCUT2D eigenvalue weighted by Crippen LogP contribution is 2.53. The van der Waals surface area contributed by atoms with Crippen molar-refractivity contribution in [2.24, 2.45) is 23.7 Å². The summed E-state index contributed by atoms with van der Waals surface area (Å²) in [5.41, 5.74) is 3.86. The van der Waals surface area contributed by atoms with Gasteiger partial charge in [0.2, 0.25) is 0 Å². The van der Waals surface area contributed by atoms with Crippen LogP contribution < -0.4 is 10.6 Å². The number of nitrogens with zero attached hydrogens (tertiary/aromatic N) is 3. The highest BCUT2D eigenvalue weighted by molar-refractivity contribution is 6.35. The smallest absolute Gasteiger partial charge is 0.272 e. The minimum Gasteiger partial charge on any atom is -0.349 e. The lowest BCUT2D eigenvalue weighted by atomic mass is 9.54. The van der Waals surface area contributed by atoms with E-state index in [0.717, 1.165) is 47.0 Å². The molecule has 4 aliphatic carbocycles. The Morgan fingerprint density at radius 1 is 1.03 bits per heavy atom. The zero-order valence-corrected chi connectivity index (χ0v) is 22.9. The third kappa shape index (κ3) is 4.73. The van der Waals surface area contributed by atoms with Gasteiger partial charge in [-0.15, -0.1) is 0 Å². The molecule has 0 atom stereocenters. The summed E-state index contributed by atoms with van der Waals surface area (Å²) in [5.74, 6) is 3.30. The van der Waals surface area contributed by atoms with E-state index in [4.69, 9.17) is 28.3 Å².